The van der Waals surface area contributed by atoms with Crippen LogP contribution in [0.25, 0.3) is 0 Å². The van der Waals surface area contributed by atoms with Gasteiger partial charge in [0.2, 0.25) is 0 Å². The number of methoxy groups -OCH3 is 1. The fraction of sp³-hybridized carbons (Fsp3) is 0.348. The Balaban J connectivity index is 1.60. The molecule has 0 aromatic heterocycles. The quantitative estimate of drug-likeness (QED) is 0.511. The van der Waals surface area contributed by atoms with Crippen LogP contribution in [0, 0.1) is 0 Å². The highest BCUT2D eigenvalue weighted by molar-refractivity contribution is 8.03. The Hall–Kier alpha value is -2.24. The zero-order valence-corrected chi connectivity index (χ0v) is 17.0. The van der Waals surface area contributed by atoms with Gasteiger partial charge in [-0.3, -0.25) is 0 Å². The zero-order valence-electron chi connectivity index (χ0n) is 16.2. The Morgan fingerprint density at radius 2 is 1.61 bits per heavy atom. The van der Waals surface area contributed by atoms with E-state index in [0.29, 0.717) is 19.7 Å². The molecule has 2 aromatic rings. The smallest absolute Gasteiger partial charge is 0.321 e. The summed E-state index contributed by atoms with van der Waals surface area (Å²) in [7, 11) is 1.73. The van der Waals surface area contributed by atoms with Crippen molar-refractivity contribution in [1.82, 2.24) is 9.80 Å². The van der Waals surface area contributed by atoms with Gasteiger partial charge in [-0.1, -0.05) is 66.7 Å². The number of carbonyl (C=O) groups excluding carboxylic acids is 1. The number of carbonyl (C=O) groups is 1. The van der Waals surface area contributed by atoms with Crippen LogP contribution in [0.5, 0.6) is 0 Å². The van der Waals surface area contributed by atoms with E-state index < -0.39 is 0 Å². The third-order valence-electron chi connectivity index (χ3n) is 5.36. The molecule has 2 aliphatic rings. The summed E-state index contributed by atoms with van der Waals surface area (Å²) in [6.45, 7) is 2.02. The van der Waals surface area contributed by atoms with E-state index in [-0.39, 0.29) is 18.1 Å². The van der Waals surface area contributed by atoms with Gasteiger partial charge in [0.15, 0.2) is 0 Å². The summed E-state index contributed by atoms with van der Waals surface area (Å²) in [5, 5.41) is 0. The molecule has 0 spiro atoms. The van der Waals surface area contributed by atoms with Crippen LogP contribution in [0.15, 0.2) is 71.6 Å². The van der Waals surface area contributed by atoms with Crippen molar-refractivity contribution in [1.29, 1.82) is 0 Å². The van der Waals surface area contributed by atoms with Gasteiger partial charge in [-0.15, -0.1) is 11.8 Å². The van der Waals surface area contributed by atoms with Crippen molar-refractivity contribution in [2.45, 2.75) is 31.6 Å². The van der Waals surface area contributed by atoms with Crippen molar-refractivity contribution in [2.75, 3.05) is 19.5 Å². The maximum atomic E-state index is 13.4. The van der Waals surface area contributed by atoms with Crippen LogP contribution in [0.4, 0.5) is 4.79 Å². The van der Waals surface area contributed by atoms with Gasteiger partial charge in [-0.2, -0.15) is 0 Å². The number of fused-ring (bicyclic) bond motifs is 1. The number of urea groups is 1. The maximum Gasteiger partial charge on any atom is 0.321 e. The molecule has 4 nitrogen and oxygen atoms in total. The third kappa shape index (κ3) is 3.96. The molecule has 4 rings (SSSR count). The van der Waals surface area contributed by atoms with Gasteiger partial charge in [-0.25, -0.2) is 4.79 Å². The third-order valence-corrected chi connectivity index (χ3v) is 6.61. The largest absolute Gasteiger partial charge is 0.384 e. The minimum Gasteiger partial charge on any atom is -0.384 e. The highest BCUT2D eigenvalue weighted by Crippen LogP contribution is 2.43. The molecule has 0 aliphatic carbocycles. The summed E-state index contributed by atoms with van der Waals surface area (Å²) in [5.74, 6) is 0.952. The molecular weight excluding hydrogens is 368 g/mol. The normalized spacial score (nSPS) is 22.9. The monoisotopic (exact) mass is 394 g/mol. The predicted molar refractivity (Wildman–Crippen MR) is 114 cm³/mol. The summed E-state index contributed by atoms with van der Waals surface area (Å²) in [5.41, 5.74) is 2.35. The summed E-state index contributed by atoms with van der Waals surface area (Å²) in [6.07, 6.45) is 3.14. The average molecular weight is 395 g/mol. The summed E-state index contributed by atoms with van der Waals surface area (Å²) >= 11 is 1.89. The molecule has 5 heteroatoms. The number of hydrogen-bond acceptors (Lipinski definition) is 3. The van der Waals surface area contributed by atoms with E-state index in [0.717, 1.165) is 12.2 Å². The molecule has 0 unspecified atom stereocenters. The van der Waals surface area contributed by atoms with Gasteiger partial charge < -0.3 is 14.5 Å². The first kappa shape index (κ1) is 19.1. The van der Waals surface area contributed by atoms with E-state index in [9.17, 15) is 4.79 Å². The van der Waals surface area contributed by atoms with Gasteiger partial charge in [0.05, 0.1) is 12.1 Å². The highest BCUT2D eigenvalue weighted by Gasteiger charge is 2.50. The lowest BCUT2D eigenvalue weighted by atomic mass is 10.1. The number of hydrogen-bond donors (Lipinski definition) is 0. The number of ether oxygens (including phenoxy) is 1. The van der Waals surface area contributed by atoms with Gasteiger partial charge >= 0.3 is 6.03 Å². The van der Waals surface area contributed by atoms with Crippen molar-refractivity contribution in [2.24, 2.45) is 0 Å². The number of benzene rings is 2. The lowest BCUT2D eigenvalue weighted by Gasteiger charge is -2.23. The molecule has 2 aromatic carbocycles. The molecule has 0 radical (unpaired) electrons. The lowest BCUT2D eigenvalue weighted by molar-refractivity contribution is 0.182. The van der Waals surface area contributed by atoms with Gasteiger partial charge in [0, 0.05) is 37.5 Å². The molecule has 0 N–H and O–H groups in total. The van der Waals surface area contributed by atoms with Crippen molar-refractivity contribution >= 4 is 17.8 Å². The second-order valence-electron chi connectivity index (χ2n) is 7.22. The van der Waals surface area contributed by atoms with E-state index >= 15 is 0 Å². The Morgan fingerprint density at radius 1 is 1.00 bits per heavy atom. The predicted octanol–water partition coefficient (Wildman–Crippen LogP) is 4.53. The topological polar surface area (TPSA) is 32.8 Å². The van der Waals surface area contributed by atoms with Crippen molar-refractivity contribution in [3.05, 3.63) is 82.8 Å². The molecular formula is C23H26N2O2S. The number of nitrogens with zero attached hydrogens (tertiary/aromatic N) is 2. The first-order chi connectivity index (χ1) is 13.8. The van der Waals surface area contributed by atoms with E-state index in [4.69, 9.17) is 4.74 Å². The van der Waals surface area contributed by atoms with Crippen LogP contribution in [0.3, 0.4) is 0 Å². The van der Waals surface area contributed by atoms with E-state index in [1.807, 2.05) is 48.2 Å². The standard InChI is InChI=1S/C23H26N2O2S/c1-27-14-8-13-21-22-20(17-28-21)24(15-18-9-4-2-5-10-18)23(26)25(22)16-19-11-6-3-7-12-19/h2-7,9-13,20,22H,8,14-17H2,1H3/t20-,22-/m0/s1. The molecule has 2 fully saturated rings. The zero-order chi connectivity index (χ0) is 19.3. The molecule has 146 valence electrons. The SMILES string of the molecule is COCCC=C1SC[C@H]2[C@@H]1N(Cc1ccccc1)C(=O)N2Cc1ccccc1. The van der Waals surface area contributed by atoms with E-state index in [1.165, 1.54) is 16.0 Å². The van der Waals surface area contributed by atoms with Gasteiger partial charge in [0.25, 0.3) is 0 Å². The average Bonchev–Trinajstić information content (AvgIpc) is 3.24. The summed E-state index contributed by atoms with van der Waals surface area (Å²) in [6, 6.07) is 21.1. The van der Waals surface area contributed by atoms with Crippen molar-refractivity contribution in [3.8, 4) is 0 Å². The Kier molecular flexibility index (Phi) is 6.03. The lowest BCUT2D eigenvalue weighted by Crippen LogP contribution is -2.35. The number of rotatable bonds is 7. The number of amides is 2. The minimum atomic E-state index is 0.137. The van der Waals surface area contributed by atoms with Crippen LogP contribution in [0.2, 0.25) is 0 Å². The minimum absolute atomic E-state index is 0.137. The summed E-state index contributed by atoms with van der Waals surface area (Å²) < 4.78 is 5.21. The van der Waals surface area contributed by atoms with E-state index in [2.05, 4.69) is 40.1 Å². The first-order valence-electron chi connectivity index (χ1n) is 9.75. The second-order valence-corrected chi connectivity index (χ2v) is 8.31. The molecule has 2 saturated heterocycles. The van der Waals surface area contributed by atoms with Crippen molar-refractivity contribution in [3.63, 3.8) is 0 Å². The molecule has 0 bridgehead atoms. The second kappa shape index (κ2) is 8.84. The van der Waals surface area contributed by atoms with Gasteiger partial charge in [0.1, 0.15) is 0 Å². The first-order valence-corrected chi connectivity index (χ1v) is 10.7. The molecule has 2 atom stereocenters. The fourth-order valence-corrected chi connectivity index (χ4v) is 5.42. The van der Waals surface area contributed by atoms with E-state index in [1.54, 1.807) is 7.11 Å². The van der Waals surface area contributed by atoms with Crippen LogP contribution in [0.1, 0.15) is 17.5 Å². The fourth-order valence-electron chi connectivity index (χ4n) is 4.01. The van der Waals surface area contributed by atoms with Crippen LogP contribution < -0.4 is 0 Å². The van der Waals surface area contributed by atoms with Gasteiger partial charge in [-0.05, 0) is 17.5 Å². The Labute approximate surface area is 171 Å². The highest BCUT2D eigenvalue weighted by atomic mass is 32.2. The molecule has 28 heavy (non-hydrogen) atoms. The Morgan fingerprint density at radius 3 is 2.21 bits per heavy atom. The Bertz CT molecular complexity index is 825. The van der Waals surface area contributed by atoms with Crippen LogP contribution >= 0.6 is 11.8 Å². The molecule has 2 heterocycles. The van der Waals surface area contributed by atoms with Crippen molar-refractivity contribution < 1.29 is 9.53 Å². The number of thioether (sulfide) groups is 1. The molecule has 0 saturated carbocycles. The summed E-state index contributed by atoms with van der Waals surface area (Å²) in [4.78, 5) is 18.8. The molecule has 2 amide bonds. The maximum absolute atomic E-state index is 13.4. The van der Waals surface area contributed by atoms with Crippen LogP contribution in [-0.2, 0) is 17.8 Å². The van der Waals surface area contributed by atoms with Crippen LogP contribution in [-0.4, -0.2) is 47.4 Å². The molecule has 2 aliphatic heterocycles.